The highest BCUT2D eigenvalue weighted by molar-refractivity contribution is 4.56. The van der Waals surface area contributed by atoms with E-state index in [1.165, 1.54) is 128 Å². The monoisotopic (exact) mass is 398 g/mol. The van der Waals surface area contributed by atoms with E-state index in [0.717, 1.165) is 19.0 Å². The van der Waals surface area contributed by atoms with Crippen molar-refractivity contribution >= 4 is 0 Å². The van der Waals surface area contributed by atoms with E-state index in [4.69, 9.17) is 11.5 Å². The predicted molar refractivity (Wildman–Crippen MR) is 131 cm³/mol. The Morgan fingerprint density at radius 1 is 0.464 bits per heavy atom. The second kappa shape index (κ2) is 29.1. The standard InChI is InChI=1S/C18H39N.C8H19N/c1-2-3-4-5-6-7-8-9-10-11-12-13-14-15-16-17-18-19;1-3-5-6-8(4-2)7-9/h2-19H2,1H3;8H,3-7,9H2,1-2H3. The molecular formula is C26H58N2. The molecule has 0 amide bonds. The summed E-state index contributed by atoms with van der Waals surface area (Å²) in [7, 11) is 0. The molecule has 2 nitrogen and oxygen atoms in total. The summed E-state index contributed by atoms with van der Waals surface area (Å²) in [4.78, 5) is 0. The Morgan fingerprint density at radius 2 is 0.821 bits per heavy atom. The molecule has 1 unspecified atom stereocenters. The van der Waals surface area contributed by atoms with Gasteiger partial charge in [0, 0.05) is 0 Å². The molecule has 0 saturated carbocycles. The van der Waals surface area contributed by atoms with Gasteiger partial charge in [0.15, 0.2) is 0 Å². The van der Waals surface area contributed by atoms with Crippen LogP contribution in [0.3, 0.4) is 0 Å². The molecular weight excluding hydrogens is 340 g/mol. The maximum Gasteiger partial charge on any atom is -0.00490 e. The quantitative estimate of drug-likeness (QED) is 0.191. The Labute approximate surface area is 180 Å². The summed E-state index contributed by atoms with van der Waals surface area (Å²) in [6.45, 7) is 8.48. The third kappa shape index (κ3) is 28.1. The Morgan fingerprint density at radius 3 is 1.11 bits per heavy atom. The highest BCUT2D eigenvalue weighted by Gasteiger charge is 2.00. The Kier molecular flexibility index (Phi) is 31.3. The van der Waals surface area contributed by atoms with Crippen molar-refractivity contribution in [2.75, 3.05) is 13.1 Å². The fourth-order valence-corrected chi connectivity index (χ4v) is 3.67. The molecule has 0 aliphatic carbocycles. The molecule has 0 fully saturated rings. The van der Waals surface area contributed by atoms with E-state index in [2.05, 4.69) is 20.8 Å². The highest BCUT2D eigenvalue weighted by Crippen LogP contribution is 2.13. The maximum atomic E-state index is 5.52. The van der Waals surface area contributed by atoms with Crippen molar-refractivity contribution in [3.8, 4) is 0 Å². The van der Waals surface area contributed by atoms with E-state index in [1.807, 2.05) is 0 Å². The lowest BCUT2D eigenvalue weighted by Crippen LogP contribution is -2.12. The van der Waals surface area contributed by atoms with Crippen LogP contribution in [0.25, 0.3) is 0 Å². The van der Waals surface area contributed by atoms with Crippen LogP contribution in [0, 0.1) is 5.92 Å². The summed E-state index contributed by atoms with van der Waals surface area (Å²) in [6.07, 6.45) is 28.1. The zero-order valence-electron chi connectivity index (χ0n) is 20.3. The minimum Gasteiger partial charge on any atom is -0.330 e. The van der Waals surface area contributed by atoms with Gasteiger partial charge < -0.3 is 11.5 Å². The number of rotatable bonds is 21. The minimum atomic E-state index is 0.782. The maximum absolute atomic E-state index is 5.52. The Hall–Kier alpha value is -0.0800. The number of nitrogens with two attached hydrogens (primary N) is 2. The normalized spacial score (nSPS) is 11.9. The molecule has 0 aromatic rings. The van der Waals surface area contributed by atoms with Crippen LogP contribution in [-0.2, 0) is 0 Å². The smallest absolute Gasteiger partial charge is 0.00490 e. The van der Waals surface area contributed by atoms with E-state index in [1.54, 1.807) is 0 Å². The van der Waals surface area contributed by atoms with Crippen molar-refractivity contribution in [1.82, 2.24) is 0 Å². The number of hydrogen-bond donors (Lipinski definition) is 2. The van der Waals surface area contributed by atoms with Crippen LogP contribution in [0.1, 0.15) is 149 Å². The molecule has 0 aromatic heterocycles. The minimum absolute atomic E-state index is 0.782. The molecule has 0 rings (SSSR count). The van der Waals surface area contributed by atoms with Crippen LogP contribution >= 0.6 is 0 Å². The Bertz CT molecular complexity index is 223. The molecule has 172 valence electrons. The summed E-state index contributed by atoms with van der Waals surface area (Å²) in [5.41, 5.74) is 11.0. The molecule has 0 heterocycles. The van der Waals surface area contributed by atoms with E-state index >= 15 is 0 Å². The summed E-state index contributed by atoms with van der Waals surface area (Å²) in [5, 5.41) is 0. The van der Waals surface area contributed by atoms with E-state index < -0.39 is 0 Å². The van der Waals surface area contributed by atoms with Crippen LogP contribution in [0.4, 0.5) is 0 Å². The summed E-state index contributed by atoms with van der Waals surface area (Å²) in [6, 6.07) is 0. The van der Waals surface area contributed by atoms with Gasteiger partial charge in [-0.2, -0.15) is 0 Å². The van der Waals surface area contributed by atoms with Gasteiger partial charge in [-0.25, -0.2) is 0 Å². The van der Waals surface area contributed by atoms with Gasteiger partial charge in [-0.3, -0.25) is 0 Å². The molecule has 28 heavy (non-hydrogen) atoms. The SMILES string of the molecule is CCCCC(CC)CN.CCCCCCCCCCCCCCCCCCN. The second-order valence-electron chi connectivity index (χ2n) is 8.74. The van der Waals surface area contributed by atoms with E-state index in [-0.39, 0.29) is 0 Å². The van der Waals surface area contributed by atoms with Gasteiger partial charge in [-0.15, -0.1) is 0 Å². The first kappa shape index (κ1) is 30.1. The van der Waals surface area contributed by atoms with Crippen LogP contribution in [0.15, 0.2) is 0 Å². The average Bonchev–Trinajstić information content (AvgIpc) is 2.72. The lowest BCUT2D eigenvalue weighted by atomic mass is 10.00. The first-order valence-electron chi connectivity index (χ1n) is 13.2. The van der Waals surface area contributed by atoms with Crippen molar-refractivity contribution in [2.24, 2.45) is 17.4 Å². The molecule has 0 aromatic carbocycles. The molecule has 0 aliphatic rings. The topological polar surface area (TPSA) is 52.0 Å². The molecule has 1 atom stereocenters. The Balaban J connectivity index is 0. The molecule has 0 bridgehead atoms. The third-order valence-electron chi connectivity index (χ3n) is 5.93. The lowest BCUT2D eigenvalue weighted by Gasteiger charge is -2.09. The first-order valence-corrected chi connectivity index (χ1v) is 13.2. The van der Waals surface area contributed by atoms with Crippen LogP contribution in [0.5, 0.6) is 0 Å². The van der Waals surface area contributed by atoms with Gasteiger partial charge in [0.2, 0.25) is 0 Å². The third-order valence-corrected chi connectivity index (χ3v) is 5.93. The summed E-state index contributed by atoms with van der Waals surface area (Å²) in [5.74, 6) is 0.782. The van der Waals surface area contributed by atoms with Crippen LogP contribution in [0.2, 0.25) is 0 Å². The average molecular weight is 399 g/mol. The van der Waals surface area contributed by atoms with E-state index in [0.29, 0.717) is 0 Å². The van der Waals surface area contributed by atoms with Crippen molar-refractivity contribution in [2.45, 2.75) is 149 Å². The van der Waals surface area contributed by atoms with E-state index in [9.17, 15) is 0 Å². The van der Waals surface area contributed by atoms with Crippen molar-refractivity contribution in [1.29, 1.82) is 0 Å². The number of hydrogen-bond acceptors (Lipinski definition) is 2. The van der Waals surface area contributed by atoms with Gasteiger partial charge in [-0.1, -0.05) is 136 Å². The first-order chi connectivity index (χ1) is 13.8. The zero-order valence-corrected chi connectivity index (χ0v) is 20.3. The molecule has 0 radical (unpaired) electrons. The molecule has 2 heteroatoms. The lowest BCUT2D eigenvalue weighted by molar-refractivity contribution is 0.461. The molecule has 0 spiro atoms. The van der Waals surface area contributed by atoms with Crippen molar-refractivity contribution < 1.29 is 0 Å². The van der Waals surface area contributed by atoms with Crippen LogP contribution in [-0.4, -0.2) is 13.1 Å². The molecule has 0 saturated heterocycles. The van der Waals surface area contributed by atoms with Gasteiger partial charge in [0.05, 0.1) is 0 Å². The predicted octanol–water partition coefficient (Wildman–Crippen LogP) is 8.37. The number of unbranched alkanes of at least 4 members (excludes halogenated alkanes) is 16. The van der Waals surface area contributed by atoms with Crippen molar-refractivity contribution in [3.63, 3.8) is 0 Å². The fraction of sp³-hybridized carbons (Fsp3) is 1.00. The van der Waals surface area contributed by atoms with Crippen molar-refractivity contribution in [3.05, 3.63) is 0 Å². The van der Waals surface area contributed by atoms with Gasteiger partial charge in [0.1, 0.15) is 0 Å². The highest BCUT2D eigenvalue weighted by atomic mass is 14.5. The van der Waals surface area contributed by atoms with Crippen LogP contribution < -0.4 is 11.5 Å². The van der Waals surface area contributed by atoms with Gasteiger partial charge >= 0.3 is 0 Å². The molecule has 0 aliphatic heterocycles. The second-order valence-corrected chi connectivity index (χ2v) is 8.74. The molecule has 4 N–H and O–H groups in total. The fourth-order valence-electron chi connectivity index (χ4n) is 3.67. The largest absolute Gasteiger partial charge is 0.330 e. The van der Waals surface area contributed by atoms with Gasteiger partial charge in [-0.05, 0) is 31.8 Å². The van der Waals surface area contributed by atoms with Gasteiger partial charge in [0.25, 0.3) is 0 Å². The summed E-state index contributed by atoms with van der Waals surface area (Å²) < 4.78 is 0. The summed E-state index contributed by atoms with van der Waals surface area (Å²) >= 11 is 0. The zero-order chi connectivity index (χ0) is 21.1.